The molecule has 1 aromatic heterocycles. The summed E-state index contributed by atoms with van der Waals surface area (Å²) in [5.41, 5.74) is 1.40. The molecule has 0 spiro atoms. The van der Waals surface area contributed by atoms with Crippen LogP contribution in [0.3, 0.4) is 0 Å². The Morgan fingerprint density at radius 1 is 1.50 bits per heavy atom. The Balaban J connectivity index is 2.99. The number of nitrogens with one attached hydrogen (secondary N) is 2. The zero-order valence-electron chi connectivity index (χ0n) is 10.2. The van der Waals surface area contributed by atoms with Crippen molar-refractivity contribution in [2.75, 3.05) is 23.9 Å². The van der Waals surface area contributed by atoms with E-state index < -0.39 is 10.3 Å². The van der Waals surface area contributed by atoms with Gasteiger partial charge in [0, 0.05) is 18.6 Å². The summed E-state index contributed by atoms with van der Waals surface area (Å²) in [6, 6.07) is 0. The maximum absolute atomic E-state index is 10.9. The van der Waals surface area contributed by atoms with Crippen LogP contribution in [0.4, 0.5) is 17.3 Å². The van der Waals surface area contributed by atoms with Crippen molar-refractivity contribution in [1.82, 2.24) is 9.97 Å². The van der Waals surface area contributed by atoms with Crippen LogP contribution in [-0.2, 0) is 0 Å². The summed E-state index contributed by atoms with van der Waals surface area (Å²) < 4.78 is 0. The lowest BCUT2D eigenvalue weighted by atomic mass is 9.95. The number of hydrazine groups is 1. The Hall–Kier alpha value is -2.00. The number of aliphatic hydroxyl groups is 1. The van der Waals surface area contributed by atoms with E-state index in [1.165, 1.54) is 0 Å². The maximum atomic E-state index is 10.9. The Morgan fingerprint density at radius 2 is 2.11 bits per heavy atom. The van der Waals surface area contributed by atoms with Crippen LogP contribution in [0, 0.1) is 15.5 Å². The quantitative estimate of drug-likeness (QED) is 0.319. The minimum absolute atomic E-state index is 0.0547. The molecule has 0 fully saturated rings. The summed E-state index contributed by atoms with van der Waals surface area (Å²) in [6.07, 6.45) is 1.16. The standard InChI is InChI=1S/C9H16N6O3/c1-9(2,4-16)3-11-7-6(15(17)18)8(14-10)13-5-12-7/h5,16H,3-4,10H2,1-2H3,(H2,11,12,13,14). The lowest BCUT2D eigenvalue weighted by Crippen LogP contribution is -2.27. The van der Waals surface area contributed by atoms with Crippen molar-refractivity contribution in [3.05, 3.63) is 16.4 Å². The van der Waals surface area contributed by atoms with Gasteiger partial charge in [-0.2, -0.15) is 0 Å². The van der Waals surface area contributed by atoms with Gasteiger partial charge in [-0.05, 0) is 0 Å². The molecule has 0 aliphatic rings. The molecule has 0 saturated heterocycles. The van der Waals surface area contributed by atoms with E-state index in [0.29, 0.717) is 6.54 Å². The third-order valence-corrected chi connectivity index (χ3v) is 2.30. The Labute approximate surface area is 104 Å². The van der Waals surface area contributed by atoms with Gasteiger partial charge in [0.1, 0.15) is 6.33 Å². The Morgan fingerprint density at radius 3 is 2.61 bits per heavy atom. The molecular formula is C9H16N6O3. The molecule has 0 amide bonds. The second-order valence-corrected chi connectivity index (χ2v) is 4.50. The minimum atomic E-state index is -0.622. The molecule has 0 bridgehead atoms. The first-order chi connectivity index (χ1) is 8.41. The highest BCUT2D eigenvalue weighted by molar-refractivity contribution is 5.68. The highest BCUT2D eigenvalue weighted by Gasteiger charge is 2.24. The second-order valence-electron chi connectivity index (χ2n) is 4.50. The van der Waals surface area contributed by atoms with Crippen molar-refractivity contribution in [1.29, 1.82) is 0 Å². The van der Waals surface area contributed by atoms with Crippen LogP contribution in [-0.4, -0.2) is 33.1 Å². The first-order valence-corrected chi connectivity index (χ1v) is 5.22. The summed E-state index contributed by atoms with van der Waals surface area (Å²) >= 11 is 0. The van der Waals surface area contributed by atoms with E-state index in [-0.39, 0.29) is 23.9 Å². The summed E-state index contributed by atoms with van der Waals surface area (Å²) in [7, 11) is 0. The van der Waals surface area contributed by atoms with Crippen LogP contribution in [0.2, 0.25) is 0 Å². The molecule has 0 aliphatic heterocycles. The molecule has 5 N–H and O–H groups in total. The van der Waals surface area contributed by atoms with E-state index >= 15 is 0 Å². The number of nitrogen functional groups attached to an aromatic ring is 1. The van der Waals surface area contributed by atoms with Gasteiger partial charge in [0.15, 0.2) is 0 Å². The molecular weight excluding hydrogens is 240 g/mol. The highest BCUT2D eigenvalue weighted by Crippen LogP contribution is 2.28. The number of anilines is 2. The van der Waals surface area contributed by atoms with Crippen molar-refractivity contribution >= 4 is 17.3 Å². The topological polar surface area (TPSA) is 139 Å². The fraction of sp³-hybridized carbons (Fsp3) is 0.556. The Bertz CT molecular complexity index is 436. The molecule has 0 atom stereocenters. The number of aromatic nitrogens is 2. The van der Waals surface area contributed by atoms with E-state index in [0.717, 1.165) is 6.33 Å². The third kappa shape index (κ3) is 3.25. The molecule has 100 valence electrons. The summed E-state index contributed by atoms with van der Waals surface area (Å²) in [4.78, 5) is 17.8. The van der Waals surface area contributed by atoms with Crippen molar-refractivity contribution < 1.29 is 10.0 Å². The SMILES string of the molecule is CC(C)(CO)CNc1ncnc(NN)c1[N+](=O)[O-]. The monoisotopic (exact) mass is 256 g/mol. The van der Waals surface area contributed by atoms with Crippen LogP contribution in [0.1, 0.15) is 13.8 Å². The number of aliphatic hydroxyl groups excluding tert-OH is 1. The van der Waals surface area contributed by atoms with Crippen molar-refractivity contribution in [2.24, 2.45) is 11.3 Å². The summed E-state index contributed by atoms with van der Waals surface area (Å²) in [5, 5.41) is 22.9. The average Bonchev–Trinajstić information content (AvgIpc) is 2.35. The van der Waals surface area contributed by atoms with Gasteiger partial charge in [-0.25, -0.2) is 15.8 Å². The minimum Gasteiger partial charge on any atom is -0.396 e. The zero-order chi connectivity index (χ0) is 13.8. The van der Waals surface area contributed by atoms with Crippen molar-refractivity contribution in [3.8, 4) is 0 Å². The number of hydrogen-bond acceptors (Lipinski definition) is 8. The first-order valence-electron chi connectivity index (χ1n) is 5.22. The number of nitrogens with two attached hydrogens (primary N) is 1. The molecule has 0 saturated carbocycles. The van der Waals surface area contributed by atoms with Crippen LogP contribution in [0.5, 0.6) is 0 Å². The molecule has 1 heterocycles. The number of rotatable bonds is 6. The molecule has 0 aliphatic carbocycles. The van der Waals surface area contributed by atoms with E-state index in [1.54, 1.807) is 0 Å². The van der Waals surface area contributed by atoms with Gasteiger partial charge < -0.3 is 15.8 Å². The largest absolute Gasteiger partial charge is 0.396 e. The Kier molecular flexibility index (Phi) is 4.34. The lowest BCUT2D eigenvalue weighted by molar-refractivity contribution is -0.383. The van der Waals surface area contributed by atoms with E-state index in [2.05, 4.69) is 20.7 Å². The van der Waals surface area contributed by atoms with Gasteiger partial charge >= 0.3 is 5.69 Å². The maximum Gasteiger partial charge on any atom is 0.354 e. The van der Waals surface area contributed by atoms with Gasteiger partial charge in [0.05, 0.1) is 4.92 Å². The first kappa shape index (κ1) is 14.1. The third-order valence-electron chi connectivity index (χ3n) is 2.30. The van der Waals surface area contributed by atoms with Crippen LogP contribution >= 0.6 is 0 Å². The summed E-state index contributed by atoms with van der Waals surface area (Å²) in [5.74, 6) is 5.14. The van der Waals surface area contributed by atoms with Crippen LogP contribution in [0.15, 0.2) is 6.33 Å². The predicted molar refractivity (Wildman–Crippen MR) is 65.9 cm³/mol. The number of nitro groups is 1. The van der Waals surface area contributed by atoms with Gasteiger partial charge in [-0.15, -0.1) is 0 Å². The molecule has 1 aromatic rings. The normalized spacial score (nSPS) is 11.1. The van der Waals surface area contributed by atoms with Crippen LogP contribution < -0.4 is 16.6 Å². The van der Waals surface area contributed by atoms with Gasteiger partial charge in [0.25, 0.3) is 0 Å². The molecule has 18 heavy (non-hydrogen) atoms. The van der Waals surface area contributed by atoms with Crippen LogP contribution in [0.25, 0.3) is 0 Å². The molecule has 0 aromatic carbocycles. The fourth-order valence-corrected chi connectivity index (χ4v) is 1.17. The summed E-state index contributed by atoms with van der Waals surface area (Å²) in [6.45, 7) is 3.90. The zero-order valence-corrected chi connectivity index (χ0v) is 10.2. The predicted octanol–water partition coefficient (Wildman–Crippen LogP) is 0.101. The van der Waals surface area contributed by atoms with E-state index in [1.807, 2.05) is 13.8 Å². The fourth-order valence-electron chi connectivity index (χ4n) is 1.17. The number of nitrogens with zero attached hydrogens (tertiary/aromatic N) is 3. The van der Waals surface area contributed by atoms with E-state index in [4.69, 9.17) is 10.9 Å². The molecule has 9 nitrogen and oxygen atoms in total. The second kappa shape index (κ2) is 5.56. The average molecular weight is 256 g/mol. The van der Waals surface area contributed by atoms with Crippen molar-refractivity contribution in [3.63, 3.8) is 0 Å². The van der Waals surface area contributed by atoms with Crippen molar-refractivity contribution in [2.45, 2.75) is 13.8 Å². The molecule has 9 heteroatoms. The van der Waals surface area contributed by atoms with Gasteiger partial charge in [-0.1, -0.05) is 13.8 Å². The van der Waals surface area contributed by atoms with Gasteiger partial charge in [-0.3, -0.25) is 10.1 Å². The molecule has 0 radical (unpaired) electrons. The smallest absolute Gasteiger partial charge is 0.354 e. The molecule has 0 unspecified atom stereocenters. The van der Waals surface area contributed by atoms with Gasteiger partial charge in [0.2, 0.25) is 11.6 Å². The van der Waals surface area contributed by atoms with E-state index in [9.17, 15) is 10.1 Å². The molecule has 1 rings (SSSR count). The lowest BCUT2D eigenvalue weighted by Gasteiger charge is -2.22. The highest BCUT2D eigenvalue weighted by atomic mass is 16.6. The number of hydrogen-bond donors (Lipinski definition) is 4.